The Balaban J connectivity index is 2.58. The van der Waals surface area contributed by atoms with Crippen molar-refractivity contribution in [2.45, 2.75) is 19.9 Å². The molecule has 1 aromatic carbocycles. The van der Waals surface area contributed by atoms with E-state index in [4.69, 9.17) is 23.2 Å². The number of halogens is 2. The maximum atomic E-state index is 11.7. The van der Waals surface area contributed by atoms with Crippen LogP contribution in [-0.2, 0) is 4.79 Å². The van der Waals surface area contributed by atoms with Gasteiger partial charge >= 0.3 is 0 Å². The molecule has 0 aliphatic carbocycles. The molecule has 1 rings (SSSR count). The van der Waals surface area contributed by atoms with Gasteiger partial charge in [0.2, 0.25) is 5.91 Å². The van der Waals surface area contributed by atoms with E-state index < -0.39 is 5.91 Å². The van der Waals surface area contributed by atoms with Crippen LogP contribution in [0.25, 0.3) is 0 Å². The van der Waals surface area contributed by atoms with Crippen LogP contribution in [0.3, 0.4) is 0 Å². The summed E-state index contributed by atoms with van der Waals surface area (Å²) < 4.78 is 0. The van der Waals surface area contributed by atoms with Gasteiger partial charge in [-0.3, -0.25) is 9.59 Å². The molecule has 0 aromatic heterocycles. The monoisotopic (exact) mass is 288 g/mol. The fourth-order valence-electron chi connectivity index (χ4n) is 1.30. The zero-order valence-electron chi connectivity index (χ0n) is 10.1. The van der Waals surface area contributed by atoms with Gasteiger partial charge in [0.1, 0.15) is 0 Å². The molecule has 0 heterocycles. The Labute approximate surface area is 116 Å². The lowest BCUT2D eigenvalue weighted by Gasteiger charge is -2.10. The summed E-state index contributed by atoms with van der Waals surface area (Å²) in [6.07, 6.45) is 0. The summed E-state index contributed by atoms with van der Waals surface area (Å²) in [5.41, 5.74) is 0.290. The Bertz CT molecular complexity index is 461. The molecule has 0 fully saturated rings. The van der Waals surface area contributed by atoms with Crippen LogP contribution in [0.1, 0.15) is 24.2 Å². The summed E-state index contributed by atoms with van der Waals surface area (Å²) in [7, 11) is 0. The molecule has 18 heavy (non-hydrogen) atoms. The first-order chi connectivity index (χ1) is 8.40. The largest absolute Gasteiger partial charge is 0.352 e. The standard InChI is InChI=1S/C12H14Cl2N2O2/c1-7(2)16-11(17)6-15-12(18)9-4-3-8(13)5-10(9)14/h3-5,7H,6H2,1-2H3,(H,15,18)(H,16,17). The van der Waals surface area contributed by atoms with Crippen molar-refractivity contribution < 1.29 is 9.59 Å². The molecule has 2 amide bonds. The molecular weight excluding hydrogens is 275 g/mol. The summed E-state index contributed by atoms with van der Waals surface area (Å²) in [4.78, 5) is 23.1. The number of benzene rings is 1. The summed E-state index contributed by atoms with van der Waals surface area (Å²) in [5.74, 6) is -0.654. The molecular formula is C12H14Cl2N2O2. The fourth-order valence-corrected chi connectivity index (χ4v) is 1.80. The van der Waals surface area contributed by atoms with E-state index in [1.165, 1.54) is 12.1 Å². The van der Waals surface area contributed by atoms with Crippen molar-refractivity contribution in [1.29, 1.82) is 0 Å². The number of hydrogen-bond acceptors (Lipinski definition) is 2. The fraction of sp³-hybridized carbons (Fsp3) is 0.333. The molecule has 0 aliphatic heterocycles. The maximum Gasteiger partial charge on any atom is 0.253 e. The van der Waals surface area contributed by atoms with Gasteiger partial charge in [-0.1, -0.05) is 23.2 Å². The zero-order valence-corrected chi connectivity index (χ0v) is 11.6. The third-order valence-electron chi connectivity index (χ3n) is 2.03. The van der Waals surface area contributed by atoms with Crippen LogP contribution in [0.5, 0.6) is 0 Å². The van der Waals surface area contributed by atoms with Crippen molar-refractivity contribution in [3.05, 3.63) is 33.8 Å². The van der Waals surface area contributed by atoms with Gasteiger partial charge in [0.15, 0.2) is 0 Å². The minimum absolute atomic E-state index is 0.0357. The average Bonchev–Trinajstić information content (AvgIpc) is 2.25. The highest BCUT2D eigenvalue weighted by molar-refractivity contribution is 6.36. The molecule has 0 atom stereocenters. The summed E-state index contributed by atoms with van der Waals surface area (Å²) >= 11 is 11.6. The van der Waals surface area contributed by atoms with E-state index in [0.29, 0.717) is 10.6 Å². The Morgan fingerprint density at radius 1 is 1.28 bits per heavy atom. The van der Waals surface area contributed by atoms with Crippen LogP contribution in [0.15, 0.2) is 18.2 Å². The molecule has 2 N–H and O–H groups in total. The first-order valence-corrected chi connectivity index (χ1v) is 6.18. The van der Waals surface area contributed by atoms with Gasteiger partial charge in [0.05, 0.1) is 17.1 Å². The molecule has 0 unspecified atom stereocenters. The van der Waals surface area contributed by atoms with Crippen molar-refractivity contribution in [2.75, 3.05) is 6.54 Å². The lowest BCUT2D eigenvalue weighted by molar-refractivity contribution is -0.120. The van der Waals surface area contributed by atoms with E-state index in [-0.39, 0.29) is 23.5 Å². The first-order valence-electron chi connectivity index (χ1n) is 5.42. The number of carbonyl (C=O) groups is 2. The molecule has 1 aromatic rings. The second-order valence-corrected chi connectivity index (χ2v) is 4.87. The minimum atomic E-state index is -0.407. The van der Waals surface area contributed by atoms with Gasteiger partial charge in [-0.05, 0) is 32.0 Å². The first kappa shape index (κ1) is 14.8. The molecule has 0 spiro atoms. The summed E-state index contributed by atoms with van der Waals surface area (Å²) in [5, 5.41) is 5.86. The number of hydrogen-bond donors (Lipinski definition) is 2. The Hall–Kier alpha value is -1.26. The van der Waals surface area contributed by atoms with Crippen LogP contribution in [0, 0.1) is 0 Å². The number of rotatable bonds is 4. The Morgan fingerprint density at radius 2 is 1.94 bits per heavy atom. The van der Waals surface area contributed by atoms with E-state index in [9.17, 15) is 9.59 Å². The van der Waals surface area contributed by atoms with Crippen molar-refractivity contribution >= 4 is 35.0 Å². The third-order valence-corrected chi connectivity index (χ3v) is 2.58. The quantitative estimate of drug-likeness (QED) is 0.893. The molecule has 6 heteroatoms. The Kier molecular flexibility index (Phi) is 5.44. The number of amides is 2. The van der Waals surface area contributed by atoms with Gasteiger partial charge in [-0.15, -0.1) is 0 Å². The van der Waals surface area contributed by atoms with E-state index in [0.717, 1.165) is 0 Å². The predicted molar refractivity (Wildman–Crippen MR) is 72.1 cm³/mol. The van der Waals surface area contributed by atoms with Crippen LogP contribution < -0.4 is 10.6 Å². The van der Waals surface area contributed by atoms with Crippen molar-refractivity contribution in [2.24, 2.45) is 0 Å². The topological polar surface area (TPSA) is 58.2 Å². The maximum absolute atomic E-state index is 11.7. The van der Waals surface area contributed by atoms with Gasteiger partial charge < -0.3 is 10.6 Å². The van der Waals surface area contributed by atoms with Crippen LogP contribution in [0.2, 0.25) is 10.0 Å². The van der Waals surface area contributed by atoms with E-state index >= 15 is 0 Å². The Morgan fingerprint density at radius 3 is 2.50 bits per heavy atom. The van der Waals surface area contributed by atoms with Crippen LogP contribution >= 0.6 is 23.2 Å². The smallest absolute Gasteiger partial charge is 0.253 e. The van der Waals surface area contributed by atoms with Crippen LogP contribution in [0.4, 0.5) is 0 Å². The van der Waals surface area contributed by atoms with Crippen molar-refractivity contribution in [3.63, 3.8) is 0 Å². The highest BCUT2D eigenvalue weighted by Crippen LogP contribution is 2.20. The molecule has 0 bridgehead atoms. The second kappa shape index (κ2) is 6.61. The molecule has 0 saturated heterocycles. The third kappa shape index (κ3) is 4.55. The SMILES string of the molecule is CC(C)NC(=O)CNC(=O)c1ccc(Cl)cc1Cl. The van der Waals surface area contributed by atoms with E-state index in [1.807, 2.05) is 13.8 Å². The zero-order chi connectivity index (χ0) is 13.7. The minimum Gasteiger partial charge on any atom is -0.352 e. The normalized spacial score (nSPS) is 10.3. The van der Waals surface area contributed by atoms with Gasteiger partial charge in [-0.2, -0.15) is 0 Å². The van der Waals surface area contributed by atoms with Crippen LogP contribution in [-0.4, -0.2) is 24.4 Å². The average molecular weight is 289 g/mol. The lowest BCUT2D eigenvalue weighted by Crippen LogP contribution is -2.39. The predicted octanol–water partition coefficient (Wildman–Crippen LogP) is 2.25. The van der Waals surface area contributed by atoms with E-state index in [1.54, 1.807) is 6.07 Å². The van der Waals surface area contributed by atoms with Crippen molar-refractivity contribution in [3.8, 4) is 0 Å². The summed E-state index contributed by atoms with van der Waals surface area (Å²) in [6.45, 7) is 3.60. The molecule has 0 radical (unpaired) electrons. The molecule has 98 valence electrons. The van der Waals surface area contributed by atoms with Crippen molar-refractivity contribution in [1.82, 2.24) is 10.6 Å². The van der Waals surface area contributed by atoms with E-state index in [2.05, 4.69) is 10.6 Å². The van der Waals surface area contributed by atoms with Gasteiger partial charge in [-0.25, -0.2) is 0 Å². The molecule has 4 nitrogen and oxygen atoms in total. The molecule has 0 aliphatic rings. The lowest BCUT2D eigenvalue weighted by atomic mass is 10.2. The van der Waals surface area contributed by atoms with Gasteiger partial charge in [0, 0.05) is 11.1 Å². The highest BCUT2D eigenvalue weighted by Gasteiger charge is 2.12. The number of carbonyl (C=O) groups excluding carboxylic acids is 2. The van der Waals surface area contributed by atoms with Gasteiger partial charge in [0.25, 0.3) is 5.91 Å². The highest BCUT2D eigenvalue weighted by atomic mass is 35.5. The summed E-state index contributed by atoms with van der Waals surface area (Å²) in [6, 6.07) is 4.59. The second-order valence-electron chi connectivity index (χ2n) is 4.03. The number of nitrogens with one attached hydrogen (secondary N) is 2. The molecule has 0 saturated carbocycles.